The van der Waals surface area contributed by atoms with Crippen molar-refractivity contribution < 1.29 is 44.9 Å². The van der Waals surface area contributed by atoms with E-state index in [0.717, 1.165) is 59.3 Å². The number of pyridine rings is 1. The number of halogens is 2. The molecule has 0 saturated heterocycles. The number of nitrogens with zero attached hydrogens (tertiary/aromatic N) is 2. The topological polar surface area (TPSA) is 173 Å². The van der Waals surface area contributed by atoms with Gasteiger partial charge in [-0.25, -0.2) is 0 Å². The van der Waals surface area contributed by atoms with Gasteiger partial charge < -0.3 is 45.0 Å². The third-order valence-electron chi connectivity index (χ3n) is 9.26. The van der Waals surface area contributed by atoms with Crippen molar-refractivity contribution in [3.8, 4) is 16.9 Å². The van der Waals surface area contributed by atoms with Gasteiger partial charge in [-0.15, -0.1) is 0 Å². The Labute approximate surface area is 302 Å². The summed E-state index contributed by atoms with van der Waals surface area (Å²) in [6, 6.07) is 13.7. The molecule has 2 aliphatic carbocycles. The monoisotopic (exact) mass is 732 g/mol. The molecule has 50 heavy (non-hydrogen) atoms. The largest absolute Gasteiger partial charge is 0.490 e. The van der Waals surface area contributed by atoms with Gasteiger partial charge in [-0.2, -0.15) is 0 Å². The van der Waals surface area contributed by atoms with Crippen LogP contribution >= 0.6 is 23.2 Å². The summed E-state index contributed by atoms with van der Waals surface area (Å²) in [5.41, 5.74) is 4.16. The first kappa shape index (κ1) is 38.4. The van der Waals surface area contributed by atoms with E-state index in [2.05, 4.69) is 11.1 Å². The maximum Gasteiger partial charge on any atom is 0.254 e. The smallest absolute Gasteiger partial charge is 0.254 e. The molecule has 11 nitrogen and oxygen atoms in total. The lowest BCUT2D eigenvalue weighted by Crippen LogP contribution is -2.53. The molecule has 0 radical (unpaired) electrons. The quantitative estimate of drug-likeness (QED) is 0.0940. The number of aryl methyl sites for hydroxylation is 1. The lowest BCUT2D eigenvalue weighted by Gasteiger charge is -2.30. The van der Waals surface area contributed by atoms with E-state index in [4.69, 9.17) is 37.8 Å². The molecule has 1 heterocycles. The second-order valence-corrected chi connectivity index (χ2v) is 13.9. The zero-order chi connectivity index (χ0) is 35.8. The average molecular weight is 734 g/mol. The van der Waals surface area contributed by atoms with Crippen LogP contribution in [-0.4, -0.2) is 103 Å². The second kappa shape index (κ2) is 17.6. The molecular formula is C37H46Cl2N2O9. The SMILES string of the molecule is O=C([C@@H](O)[C@@H](O)[C@H](O)[C@@H](O)CO)N(CCCO)CCCCc1cc(Cl)c(COC2(c3cnccc3-c3ccccc3OC3CC3)CC2)cc1Cl. The summed E-state index contributed by atoms with van der Waals surface area (Å²) in [4.78, 5) is 18.6. The van der Waals surface area contributed by atoms with Crippen LogP contribution in [0.4, 0.5) is 0 Å². The highest BCUT2D eigenvalue weighted by molar-refractivity contribution is 6.34. The summed E-state index contributed by atoms with van der Waals surface area (Å²) < 4.78 is 12.8. The van der Waals surface area contributed by atoms with Crippen molar-refractivity contribution >= 4 is 29.1 Å². The average Bonchev–Trinajstić information content (AvgIpc) is 4.08. The first-order chi connectivity index (χ1) is 24.1. The van der Waals surface area contributed by atoms with Gasteiger partial charge in [-0.1, -0.05) is 41.4 Å². The van der Waals surface area contributed by atoms with E-state index in [1.807, 2.05) is 42.6 Å². The Kier molecular flexibility index (Phi) is 13.5. The van der Waals surface area contributed by atoms with E-state index in [1.54, 1.807) is 6.20 Å². The summed E-state index contributed by atoms with van der Waals surface area (Å²) in [6.07, 6.45) is 2.01. The standard InChI is InChI=1S/C37H46Cl2N2O9/c38-29-19-24(22-49-37(12-13-37)28-20-40-14-11-26(28)27-7-1-2-8-32(27)50-25-9-10-25)30(39)18-23(29)6-3-4-15-41(16-5-17-42)36(48)35(47)34(46)33(45)31(44)21-43/h1-2,7-8,11,14,18-20,25,31,33-35,42-47H,3-6,9-10,12-13,15-17,21-22H2/t31-,33+,34-,35-/m0/s1. The van der Waals surface area contributed by atoms with Gasteiger partial charge in [0, 0.05) is 53.3 Å². The minimum absolute atomic E-state index is 0.113. The molecule has 4 atom stereocenters. The minimum atomic E-state index is -2.02. The molecule has 5 rings (SSSR count). The number of carbonyl (C=O) groups excluding carboxylic acids is 1. The number of benzene rings is 2. The van der Waals surface area contributed by atoms with E-state index in [1.165, 1.54) is 4.90 Å². The van der Waals surface area contributed by atoms with Crippen molar-refractivity contribution in [3.05, 3.63) is 81.6 Å². The van der Waals surface area contributed by atoms with Crippen LogP contribution in [0, 0.1) is 0 Å². The van der Waals surface area contributed by atoms with Crippen molar-refractivity contribution in [1.29, 1.82) is 0 Å². The van der Waals surface area contributed by atoms with E-state index >= 15 is 0 Å². The van der Waals surface area contributed by atoms with Crippen molar-refractivity contribution in [2.75, 3.05) is 26.3 Å². The van der Waals surface area contributed by atoms with Gasteiger partial charge in [0.2, 0.25) is 0 Å². The normalized spacial score (nSPS) is 17.5. The fourth-order valence-corrected chi connectivity index (χ4v) is 6.49. The molecule has 2 saturated carbocycles. The fourth-order valence-electron chi connectivity index (χ4n) is 5.97. The summed E-state index contributed by atoms with van der Waals surface area (Å²) in [7, 11) is 0. The lowest BCUT2D eigenvalue weighted by molar-refractivity contribution is -0.158. The van der Waals surface area contributed by atoms with E-state index in [-0.39, 0.29) is 38.8 Å². The van der Waals surface area contributed by atoms with Crippen molar-refractivity contribution in [1.82, 2.24) is 9.88 Å². The Balaban J connectivity index is 1.18. The molecule has 0 unspecified atom stereocenters. The summed E-state index contributed by atoms with van der Waals surface area (Å²) in [6.45, 7) is -0.470. The first-order valence-electron chi connectivity index (χ1n) is 17.1. The highest BCUT2D eigenvalue weighted by atomic mass is 35.5. The van der Waals surface area contributed by atoms with Crippen molar-refractivity contribution in [2.24, 2.45) is 0 Å². The number of ether oxygens (including phenoxy) is 2. The van der Waals surface area contributed by atoms with E-state index in [9.17, 15) is 30.3 Å². The fraction of sp³-hybridized carbons (Fsp3) is 0.514. The summed E-state index contributed by atoms with van der Waals surface area (Å²) >= 11 is 13.4. The van der Waals surface area contributed by atoms with Crippen LogP contribution in [0.25, 0.3) is 11.1 Å². The molecular weight excluding hydrogens is 687 g/mol. The zero-order valence-corrected chi connectivity index (χ0v) is 29.3. The Morgan fingerprint density at radius 2 is 1.62 bits per heavy atom. The molecule has 272 valence electrons. The van der Waals surface area contributed by atoms with Crippen LogP contribution in [0.3, 0.4) is 0 Å². The number of amides is 1. The number of rotatable bonds is 20. The molecule has 2 aromatic carbocycles. The van der Waals surface area contributed by atoms with Crippen LogP contribution in [0.2, 0.25) is 10.0 Å². The van der Waals surface area contributed by atoms with Crippen LogP contribution in [0.15, 0.2) is 54.9 Å². The van der Waals surface area contributed by atoms with Gasteiger partial charge >= 0.3 is 0 Å². The summed E-state index contributed by atoms with van der Waals surface area (Å²) in [5.74, 6) is 0.00236. The van der Waals surface area contributed by atoms with E-state index < -0.39 is 42.5 Å². The van der Waals surface area contributed by atoms with Crippen molar-refractivity contribution in [3.63, 3.8) is 0 Å². The van der Waals surface area contributed by atoms with Gasteiger partial charge in [-0.3, -0.25) is 9.78 Å². The van der Waals surface area contributed by atoms with Crippen molar-refractivity contribution in [2.45, 2.75) is 94.1 Å². The minimum Gasteiger partial charge on any atom is -0.490 e. The third kappa shape index (κ3) is 9.52. The van der Waals surface area contributed by atoms with Crippen LogP contribution in [0.1, 0.15) is 61.6 Å². The maximum atomic E-state index is 12.9. The van der Waals surface area contributed by atoms with Crippen LogP contribution in [-0.2, 0) is 28.2 Å². The van der Waals surface area contributed by atoms with Gasteiger partial charge in [0.25, 0.3) is 5.91 Å². The lowest BCUT2D eigenvalue weighted by atomic mass is 9.96. The molecule has 6 N–H and O–H groups in total. The maximum absolute atomic E-state index is 12.9. The molecule has 0 spiro atoms. The molecule has 3 aromatic rings. The first-order valence-corrected chi connectivity index (χ1v) is 17.9. The molecule has 13 heteroatoms. The Morgan fingerprint density at radius 3 is 2.32 bits per heavy atom. The van der Waals surface area contributed by atoms with Gasteiger partial charge in [0.15, 0.2) is 6.10 Å². The molecule has 1 aromatic heterocycles. The number of hydrogen-bond donors (Lipinski definition) is 6. The predicted octanol–water partition coefficient (Wildman–Crippen LogP) is 3.77. The number of unbranched alkanes of at least 4 members (excludes halogenated alkanes) is 1. The number of para-hydroxylation sites is 1. The number of carbonyl (C=O) groups is 1. The Hall–Kier alpha value is -2.84. The highest BCUT2D eigenvalue weighted by Gasteiger charge is 2.48. The number of hydrogen-bond acceptors (Lipinski definition) is 10. The number of aromatic nitrogens is 1. The summed E-state index contributed by atoms with van der Waals surface area (Å²) in [5, 5.41) is 59.4. The number of aliphatic hydroxyl groups is 6. The van der Waals surface area contributed by atoms with Gasteiger partial charge in [0.05, 0.1) is 24.9 Å². The number of aliphatic hydroxyl groups excluding tert-OH is 6. The van der Waals surface area contributed by atoms with Crippen LogP contribution in [0.5, 0.6) is 5.75 Å². The Bertz CT molecular complexity index is 1590. The van der Waals surface area contributed by atoms with Gasteiger partial charge in [-0.05, 0) is 92.3 Å². The second-order valence-electron chi connectivity index (χ2n) is 13.1. The molecule has 1 amide bonds. The zero-order valence-electron chi connectivity index (χ0n) is 27.8. The molecule has 0 aliphatic heterocycles. The van der Waals surface area contributed by atoms with Crippen LogP contribution < -0.4 is 4.74 Å². The van der Waals surface area contributed by atoms with E-state index in [0.29, 0.717) is 29.3 Å². The molecule has 2 aliphatic rings. The van der Waals surface area contributed by atoms with Gasteiger partial charge in [0.1, 0.15) is 24.1 Å². The third-order valence-corrected chi connectivity index (χ3v) is 9.96. The predicted molar refractivity (Wildman–Crippen MR) is 188 cm³/mol. The highest BCUT2D eigenvalue weighted by Crippen LogP contribution is 2.53. The molecule has 0 bridgehead atoms. The Morgan fingerprint density at radius 1 is 0.920 bits per heavy atom. The molecule has 2 fully saturated rings.